The van der Waals surface area contributed by atoms with Crippen LogP contribution in [0.4, 0.5) is 5.82 Å². The first kappa shape index (κ1) is 21.7. The Morgan fingerprint density at radius 2 is 1.69 bits per heavy atom. The molecule has 2 aromatic heterocycles. The maximum absolute atomic E-state index is 13.1. The van der Waals surface area contributed by atoms with E-state index in [2.05, 4.69) is 26.3 Å². The Bertz CT molecular complexity index is 918. The first-order valence-corrected chi connectivity index (χ1v) is 12.8. The second kappa shape index (κ2) is 9.77. The summed E-state index contributed by atoms with van der Waals surface area (Å²) in [6, 6.07) is 4.34. The maximum atomic E-state index is 13.1. The fourth-order valence-electron chi connectivity index (χ4n) is 5.84. The van der Waals surface area contributed by atoms with Gasteiger partial charge >= 0.3 is 0 Å². The lowest BCUT2D eigenvalue weighted by Crippen LogP contribution is -2.45. The van der Waals surface area contributed by atoms with E-state index in [9.17, 15) is 4.79 Å². The molecule has 0 unspecified atom stereocenters. The van der Waals surface area contributed by atoms with Crippen LogP contribution in [-0.2, 0) is 7.05 Å². The molecule has 3 fully saturated rings. The fraction of sp³-hybridized carbons (Fsp3) is 0.720. The van der Waals surface area contributed by atoms with Gasteiger partial charge in [-0.25, -0.2) is 9.67 Å². The molecule has 1 aliphatic carbocycles. The zero-order valence-electron chi connectivity index (χ0n) is 19.6. The number of likely N-dealkylation sites (tertiary alicyclic amines) is 1. The molecule has 5 rings (SSSR count). The summed E-state index contributed by atoms with van der Waals surface area (Å²) in [5.41, 5.74) is 1.30. The van der Waals surface area contributed by atoms with Crippen LogP contribution in [0.3, 0.4) is 0 Å². The van der Waals surface area contributed by atoms with Crippen molar-refractivity contribution < 1.29 is 4.79 Å². The Morgan fingerprint density at radius 3 is 2.41 bits per heavy atom. The van der Waals surface area contributed by atoms with Crippen LogP contribution >= 0.6 is 0 Å². The number of carbonyl (C=O) groups excluding carboxylic acids is 1. The third-order valence-corrected chi connectivity index (χ3v) is 7.73. The van der Waals surface area contributed by atoms with Crippen molar-refractivity contribution in [2.45, 2.75) is 70.3 Å². The molecule has 4 heterocycles. The molecule has 32 heavy (non-hydrogen) atoms. The zero-order chi connectivity index (χ0) is 21.9. The largest absolute Gasteiger partial charge is 0.357 e. The highest BCUT2D eigenvalue weighted by molar-refractivity contribution is 6.04. The van der Waals surface area contributed by atoms with E-state index in [1.165, 1.54) is 57.9 Å². The normalized spacial score (nSPS) is 21.8. The number of pyridine rings is 1. The Hall–Kier alpha value is -2.15. The second-order valence-corrected chi connectivity index (χ2v) is 10.1. The highest BCUT2D eigenvalue weighted by Crippen LogP contribution is 2.27. The fourth-order valence-corrected chi connectivity index (χ4v) is 5.84. The minimum Gasteiger partial charge on any atom is -0.357 e. The van der Waals surface area contributed by atoms with Gasteiger partial charge in [0.25, 0.3) is 5.91 Å². The maximum Gasteiger partial charge on any atom is 0.272 e. The van der Waals surface area contributed by atoms with Gasteiger partial charge in [0.15, 0.2) is 11.3 Å². The minimum absolute atomic E-state index is 0.0610. The highest BCUT2D eigenvalue weighted by Gasteiger charge is 2.26. The summed E-state index contributed by atoms with van der Waals surface area (Å²) < 4.78 is 1.76. The standard InChI is InChI=1S/C25H38N6O/c1-29-24-21(10-11-22(27-24)31-14-6-2-3-7-15-31)23(28-29)25(32)26-20-12-16-30(17-13-20)18-19-8-4-5-9-19/h10-11,19-20H,2-9,12-18H2,1H3,(H,26,32). The number of anilines is 1. The number of aromatic nitrogens is 3. The van der Waals surface area contributed by atoms with Crippen LogP contribution < -0.4 is 10.2 Å². The third kappa shape index (κ3) is 4.77. The molecule has 0 bridgehead atoms. The van der Waals surface area contributed by atoms with Crippen molar-refractivity contribution in [3.05, 3.63) is 17.8 Å². The van der Waals surface area contributed by atoms with Crippen LogP contribution in [0, 0.1) is 5.92 Å². The van der Waals surface area contributed by atoms with Crippen molar-refractivity contribution in [1.29, 1.82) is 0 Å². The number of hydrogen-bond donors (Lipinski definition) is 1. The molecule has 3 aliphatic rings. The van der Waals surface area contributed by atoms with E-state index in [1.807, 2.05) is 13.1 Å². The van der Waals surface area contributed by atoms with Gasteiger partial charge in [0.2, 0.25) is 0 Å². The Kier molecular flexibility index (Phi) is 6.62. The molecule has 7 heteroatoms. The highest BCUT2D eigenvalue weighted by atomic mass is 16.2. The van der Waals surface area contributed by atoms with E-state index in [-0.39, 0.29) is 11.9 Å². The molecule has 1 N–H and O–H groups in total. The number of nitrogens with one attached hydrogen (secondary N) is 1. The van der Waals surface area contributed by atoms with Crippen LogP contribution in [0.5, 0.6) is 0 Å². The summed E-state index contributed by atoms with van der Waals surface area (Å²) in [5.74, 6) is 1.84. The third-order valence-electron chi connectivity index (χ3n) is 7.73. The van der Waals surface area contributed by atoms with E-state index in [0.717, 1.165) is 61.8 Å². The van der Waals surface area contributed by atoms with Crippen molar-refractivity contribution in [3.8, 4) is 0 Å². The molecule has 174 valence electrons. The summed E-state index contributed by atoms with van der Waals surface area (Å²) >= 11 is 0. The van der Waals surface area contributed by atoms with Gasteiger partial charge in [0, 0.05) is 45.8 Å². The first-order valence-electron chi connectivity index (χ1n) is 12.8. The summed E-state index contributed by atoms with van der Waals surface area (Å²) in [7, 11) is 1.89. The van der Waals surface area contributed by atoms with E-state index < -0.39 is 0 Å². The number of piperidine rings is 1. The predicted octanol–water partition coefficient (Wildman–Crippen LogP) is 3.73. The van der Waals surface area contributed by atoms with Gasteiger partial charge < -0.3 is 15.1 Å². The van der Waals surface area contributed by atoms with Crippen molar-refractivity contribution in [1.82, 2.24) is 25.0 Å². The SMILES string of the molecule is Cn1nc(C(=O)NC2CCN(CC3CCCC3)CC2)c2ccc(N3CCCCCC3)nc21. The van der Waals surface area contributed by atoms with Gasteiger partial charge in [-0.15, -0.1) is 0 Å². The number of hydrogen-bond acceptors (Lipinski definition) is 5. The first-order chi connectivity index (χ1) is 15.7. The Balaban J connectivity index is 1.22. The minimum atomic E-state index is -0.0610. The van der Waals surface area contributed by atoms with Crippen molar-refractivity contribution in [3.63, 3.8) is 0 Å². The molecule has 2 aliphatic heterocycles. The van der Waals surface area contributed by atoms with Crippen LogP contribution in [0.25, 0.3) is 11.0 Å². The molecule has 2 aromatic rings. The summed E-state index contributed by atoms with van der Waals surface area (Å²) in [6.45, 7) is 5.54. The predicted molar refractivity (Wildman–Crippen MR) is 128 cm³/mol. The number of carbonyl (C=O) groups is 1. The molecule has 0 atom stereocenters. The Labute approximate surface area is 191 Å². The molecule has 0 spiro atoms. The molecular formula is C25H38N6O. The van der Waals surface area contributed by atoms with E-state index in [4.69, 9.17) is 4.98 Å². The molecule has 2 saturated heterocycles. The monoisotopic (exact) mass is 438 g/mol. The summed E-state index contributed by atoms with van der Waals surface area (Å²) in [5, 5.41) is 8.67. The summed E-state index contributed by atoms with van der Waals surface area (Å²) in [4.78, 5) is 23.0. The molecule has 0 aromatic carbocycles. The topological polar surface area (TPSA) is 66.3 Å². The Morgan fingerprint density at radius 1 is 0.969 bits per heavy atom. The zero-order valence-corrected chi connectivity index (χ0v) is 19.6. The van der Waals surface area contributed by atoms with Gasteiger partial charge in [-0.05, 0) is 56.6 Å². The van der Waals surface area contributed by atoms with Crippen LogP contribution in [0.15, 0.2) is 12.1 Å². The van der Waals surface area contributed by atoms with Crippen LogP contribution in [-0.4, -0.2) is 64.3 Å². The van der Waals surface area contributed by atoms with Gasteiger partial charge in [-0.1, -0.05) is 25.7 Å². The molecular weight excluding hydrogens is 400 g/mol. The van der Waals surface area contributed by atoms with E-state index in [0.29, 0.717) is 5.69 Å². The molecule has 1 saturated carbocycles. The lowest BCUT2D eigenvalue weighted by atomic mass is 10.0. The second-order valence-electron chi connectivity index (χ2n) is 10.1. The average molecular weight is 439 g/mol. The number of amides is 1. The molecule has 7 nitrogen and oxygen atoms in total. The van der Waals surface area contributed by atoms with Crippen molar-refractivity contribution in [2.75, 3.05) is 37.6 Å². The number of nitrogens with zero attached hydrogens (tertiary/aromatic N) is 5. The number of rotatable bonds is 5. The van der Waals surface area contributed by atoms with Gasteiger partial charge in [-0.2, -0.15) is 5.10 Å². The smallest absolute Gasteiger partial charge is 0.272 e. The van der Waals surface area contributed by atoms with Gasteiger partial charge in [0.05, 0.1) is 5.39 Å². The van der Waals surface area contributed by atoms with Crippen LogP contribution in [0.2, 0.25) is 0 Å². The van der Waals surface area contributed by atoms with Gasteiger partial charge in [-0.3, -0.25) is 4.79 Å². The van der Waals surface area contributed by atoms with Gasteiger partial charge in [0.1, 0.15) is 5.82 Å². The lowest BCUT2D eigenvalue weighted by Gasteiger charge is -2.33. The van der Waals surface area contributed by atoms with E-state index >= 15 is 0 Å². The average Bonchev–Trinajstić information content (AvgIpc) is 3.33. The number of aryl methyl sites for hydroxylation is 1. The molecule has 0 radical (unpaired) electrons. The molecule has 1 amide bonds. The number of fused-ring (bicyclic) bond motifs is 1. The summed E-state index contributed by atoms with van der Waals surface area (Å²) in [6.07, 6.45) is 12.7. The van der Waals surface area contributed by atoms with Crippen molar-refractivity contribution >= 4 is 22.8 Å². The lowest BCUT2D eigenvalue weighted by molar-refractivity contribution is 0.0901. The van der Waals surface area contributed by atoms with Crippen LogP contribution in [0.1, 0.15) is 74.7 Å². The van der Waals surface area contributed by atoms with Crippen molar-refractivity contribution in [2.24, 2.45) is 13.0 Å². The quantitative estimate of drug-likeness (QED) is 0.770. The van der Waals surface area contributed by atoms with E-state index in [1.54, 1.807) is 4.68 Å².